The molecular formula is C12H15ClO2. The molecule has 0 radical (unpaired) electrons. The van der Waals surface area contributed by atoms with Crippen molar-refractivity contribution in [3.63, 3.8) is 0 Å². The predicted molar refractivity (Wildman–Crippen MR) is 60.2 cm³/mol. The Labute approximate surface area is 94.8 Å². The number of rotatable bonds is 2. The smallest absolute Gasteiger partial charge is 0.116 e. The number of ether oxygens (including phenoxy) is 1. The molecule has 2 nitrogen and oxygen atoms in total. The molecule has 82 valence electrons. The number of fused-ring (bicyclic) bond motifs is 1. The van der Waals surface area contributed by atoms with Crippen LogP contribution in [0.3, 0.4) is 0 Å². The summed E-state index contributed by atoms with van der Waals surface area (Å²) < 4.78 is 5.50. The molecule has 0 aromatic heterocycles. The van der Waals surface area contributed by atoms with E-state index in [1.807, 2.05) is 18.2 Å². The molecule has 1 unspecified atom stereocenters. The summed E-state index contributed by atoms with van der Waals surface area (Å²) in [6.07, 6.45) is 2.83. The summed E-state index contributed by atoms with van der Waals surface area (Å²) in [4.78, 5) is 0. The average Bonchev–Trinajstić information content (AvgIpc) is 2.29. The Bertz CT molecular complexity index is 359. The summed E-state index contributed by atoms with van der Waals surface area (Å²) in [6, 6.07) is 5.81. The first kappa shape index (κ1) is 10.9. The summed E-state index contributed by atoms with van der Waals surface area (Å²) in [5, 5.41) is 10.3. The lowest BCUT2D eigenvalue weighted by atomic mass is 9.79. The molecule has 1 atom stereocenters. The van der Waals surface area contributed by atoms with Crippen molar-refractivity contribution in [3.8, 4) is 0 Å². The summed E-state index contributed by atoms with van der Waals surface area (Å²) in [7, 11) is 1.65. The van der Waals surface area contributed by atoms with Crippen LogP contribution in [0.4, 0.5) is 0 Å². The highest BCUT2D eigenvalue weighted by Crippen LogP contribution is 2.40. The van der Waals surface area contributed by atoms with E-state index in [1.54, 1.807) is 7.11 Å². The van der Waals surface area contributed by atoms with Gasteiger partial charge in [-0.2, -0.15) is 0 Å². The van der Waals surface area contributed by atoms with E-state index >= 15 is 0 Å². The Morgan fingerprint density at radius 2 is 2.33 bits per heavy atom. The number of hydrogen-bond donors (Lipinski definition) is 1. The minimum Gasteiger partial charge on any atom is -0.393 e. The van der Waals surface area contributed by atoms with E-state index in [0.717, 1.165) is 35.4 Å². The van der Waals surface area contributed by atoms with Crippen molar-refractivity contribution in [2.75, 3.05) is 13.7 Å². The van der Waals surface area contributed by atoms with E-state index < -0.39 is 5.60 Å². The van der Waals surface area contributed by atoms with Crippen molar-refractivity contribution in [1.82, 2.24) is 0 Å². The highest BCUT2D eigenvalue weighted by Gasteiger charge is 2.36. The maximum Gasteiger partial charge on any atom is 0.116 e. The lowest BCUT2D eigenvalue weighted by molar-refractivity contribution is -0.0688. The second kappa shape index (κ2) is 4.12. The van der Waals surface area contributed by atoms with Crippen LogP contribution >= 0.6 is 11.6 Å². The van der Waals surface area contributed by atoms with Crippen molar-refractivity contribution in [2.24, 2.45) is 0 Å². The van der Waals surface area contributed by atoms with Crippen molar-refractivity contribution >= 4 is 11.6 Å². The van der Waals surface area contributed by atoms with Gasteiger partial charge in [0, 0.05) is 12.1 Å². The monoisotopic (exact) mass is 226 g/mol. The van der Waals surface area contributed by atoms with Gasteiger partial charge in [-0.15, -0.1) is 0 Å². The highest BCUT2D eigenvalue weighted by molar-refractivity contribution is 6.31. The van der Waals surface area contributed by atoms with Crippen LogP contribution < -0.4 is 0 Å². The molecule has 0 amide bonds. The molecule has 0 saturated carbocycles. The number of methoxy groups -OCH3 is 1. The van der Waals surface area contributed by atoms with Crippen LogP contribution in [0.2, 0.25) is 5.02 Å². The quantitative estimate of drug-likeness (QED) is 0.840. The van der Waals surface area contributed by atoms with Gasteiger partial charge in [0.1, 0.15) is 5.60 Å². The standard InChI is InChI=1S/C12H15ClO2/c1-15-12(8-14)7-3-4-9-10(12)5-2-6-11(9)13/h2,5-6,14H,3-4,7-8H2,1H3. The van der Waals surface area contributed by atoms with E-state index in [0.29, 0.717) is 0 Å². The maximum atomic E-state index is 9.51. The number of hydrogen-bond acceptors (Lipinski definition) is 2. The average molecular weight is 227 g/mol. The molecule has 0 bridgehead atoms. The number of aliphatic hydroxyl groups excluding tert-OH is 1. The molecule has 0 fully saturated rings. The zero-order valence-corrected chi connectivity index (χ0v) is 9.55. The van der Waals surface area contributed by atoms with Crippen LogP contribution in [0.15, 0.2) is 18.2 Å². The Kier molecular flexibility index (Phi) is 3.01. The van der Waals surface area contributed by atoms with Crippen LogP contribution in [-0.4, -0.2) is 18.8 Å². The highest BCUT2D eigenvalue weighted by atomic mass is 35.5. The van der Waals surface area contributed by atoms with Gasteiger partial charge in [0.15, 0.2) is 0 Å². The zero-order chi connectivity index (χ0) is 10.9. The van der Waals surface area contributed by atoms with Crippen molar-refractivity contribution in [1.29, 1.82) is 0 Å². The number of halogens is 1. The van der Waals surface area contributed by atoms with Crippen LogP contribution in [0.1, 0.15) is 24.0 Å². The zero-order valence-electron chi connectivity index (χ0n) is 8.79. The van der Waals surface area contributed by atoms with E-state index in [4.69, 9.17) is 16.3 Å². The third kappa shape index (κ3) is 1.67. The molecule has 0 aliphatic heterocycles. The largest absolute Gasteiger partial charge is 0.393 e. The van der Waals surface area contributed by atoms with Crippen molar-refractivity contribution < 1.29 is 9.84 Å². The Morgan fingerprint density at radius 3 is 3.00 bits per heavy atom. The Hall–Kier alpha value is -0.570. The SMILES string of the molecule is COC1(CO)CCCc2c(Cl)cccc21. The van der Waals surface area contributed by atoms with Crippen molar-refractivity contribution in [2.45, 2.75) is 24.9 Å². The third-order valence-electron chi connectivity index (χ3n) is 3.26. The van der Waals surface area contributed by atoms with E-state index in [1.165, 1.54) is 0 Å². The molecule has 2 rings (SSSR count). The van der Waals surface area contributed by atoms with E-state index in [2.05, 4.69) is 0 Å². The molecule has 1 aliphatic rings. The number of aliphatic hydroxyl groups is 1. The molecule has 1 aromatic carbocycles. The molecule has 15 heavy (non-hydrogen) atoms. The molecule has 0 spiro atoms. The molecule has 0 heterocycles. The molecule has 0 saturated heterocycles. The lowest BCUT2D eigenvalue weighted by Gasteiger charge is -2.36. The summed E-state index contributed by atoms with van der Waals surface area (Å²) in [6.45, 7) is 0.0108. The van der Waals surface area contributed by atoms with Crippen LogP contribution in [-0.2, 0) is 16.8 Å². The van der Waals surface area contributed by atoms with Gasteiger partial charge < -0.3 is 9.84 Å². The molecule has 1 aromatic rings. The fraction of sp³-hybridized carbons (Fsp3) is 0.500. The summed E-state index contributed by atoms with van der Waals surface area (Å²) in [5.41, 5.74) is 1.63. The molecular weight excluding hydrogens is 212 g/mol. The second-order valence-electron chi connectivity index (χ2n) is 3.98. The first-order valence-electron chi connectivity index (χ1n) is 5.17. The fourth-order valence-corrected chi connectivity index (χ4v) is 2.63. The predicted octanol–water partition coefficient (Wildman–Crippen LogP) is 2.51. The Morgan fingerprint density at radius 1 is 1.53 bits per heavy atom. The maximum absolute atomic E-state index is 9.51. The van der Waals surface area contributed by atoms with Gasteiger partial charge in [0.2, 0.25) is 0 Å². The van der Waals surface area contributed by atoms with Gasteiger partial charge in [-0.05, 0) is 36.5 Å². The van der Waals surface area contributed by atoms with E-state index in [-0.39, 0.29) is 6.61 Å². The topological polar surface area (TPSA) is 29.5 Å². The summed E-state index contributed by atoms with van der Waals surface area (Å²) in [5.74, 6) is 0. The van der Waals surface area contributed by atoms with E-state index in [9.17, 15) is 5.11 Å². The summed E-state index contributed by atoms with van der Waals surface area (Å²) >= 11 is 6.15. The van der Waals surface area contributed by atoms with Crippen LogP contribution in [0.5, 0.6) is 0 Å². The van der Waals surface area contributed by atoms with Crippen LogP contribution in [0.25, 0.3) is 0 Å². The third-order valence-corrected chi connectivity index (χ3v) is 3.62. The fourth-order valence-electron chi connectivity index (χ4n) is 2.37. The van der Waals surface area contributed by atoms with Gasteiger partial charge in [0.05, 0.1) is 6.61 Å². The van der Waals surface area contributed by atoms with Crippen LogP contribution in [0, 0.1) is 0 Å². The van der Waals surface area contributed by atoms with Gasteiger partial charge in [0.25, 0.3) is 0 Å². The van der Waals surface area contributed by atoms with Gasteiger partial charge in [-0.25, -0.2) is 0 Å². The lowest BCUT2D eigenvalue weighted by Crippen LogP contribution is -2.36. The minimum absolute atomic E-state index is 0.0108. The van der Waals surface area contributed by atoms with Gasteiger partial charge in [-0.1, -0.05) is 23.7 Å². The second-order valence-corrected chi connectivity index (χ2v) is 4.38. The first-order valence-corrected chi connectivity index (χ1v) is 5.55. The first-order chi connectivity index (χ1) is 7.23. The minimum atomic E-state index is -0.543. The van der Waals surface area contributed by atoms with Gasteiger partial charge >= 0.3 is 0 Å². The molecule has 1 aliphatic carbocycles. The molecule has 1 N–H and O–H groups in total. The van der Waals surface area contributed by atoms with Crippen molar-refractivity contribution in [3.05, 3.63) is 34.3 Å². The molecule has 3 heteroatoms. The normalized spacial score (nSPS) is 25.0. The van der Waals surface area contributed by atoms with Gasteiger partial charge in [-0.3, -0.25) is 0 Å². The Balaban J connectivity index is 2.55. The number of benzene rings is 1.